The molecular weight excluding hydrogens is 736 g/mol. The first-order valence-electron chi connectivity index (χ1n) is 12.0. The Hall–Kier alpha value is -4.43. The first kappa shape index (κ1) is 36.8. The molecule has 11 N–H and O–H groups in total. The summed E-state index contributed by atoms with van der Waals surface area (Å²) in [7, 11) is 0. The third-order valence-corrected chi connectivity index (χ3v) is 5.70. The number of hydrogen-bond acceptors (Lipinski definition) is 17. The number of hydrogen-bond donors (Lipinski definition) is 11. The van der Waals surface area contributed by atoms with Gasteiger partial charge in [0.05, 0.1) is 16.7 Å². The van der Waals surface area contributed by atoms with Crippen LogP contribution in [0.5, 0.6) is 51.7 Å². The van der Waals surface area contributed by atoms with Crippen molar-refractivity contribution in [3.8, 4) is 51.7 Å². The Morgan fingerprint density at radius 3 is 1.33 bits per heavy atom. The van der Waals surface area contributed by atoms with Crippen molar-refractivity contribution in [2.24, 2.45) is 0 Å². The molecule has 0 fully saturated rings. The van der Waals surface area contributed by atoms with Gasteiger partial charge < -0.3 is 70.4 Å². The van der Waals surface area contributed by atoms with E-state index in [1.165, 1.54) is 0 Å². The van der Waals surface area contributed by atoms with Gasteiger partial charge in [-0.2, -0.15) is 0 Å². The first-order chi connectivity index (χ1) is 20.6. The predicted molar refractivity (Wildman–Crippen MR) is 140 cm³/mol. The van der Waals surface area contributed by atoms with Gasteiger partial charge in [-0.3, -0.25) is 6.42 Å². The van der Waals surface area contributed by atoms with Gasteiger partial charge in [-0.15, -0.1) is 6.61 Å². The van der Waals surface area contributed by atoms with E-state index in [-0.39, 0.29) is 41.7 Å². The number of aliphatic hydroxyl groups is 2. The van der Waals surface area contributed by atoms with Crippen molar-refractivity contribution in [1.29, 1.82) is 0 Å². The molecule has 0 saturated carbocycles. The average Bonchev–Trinajstić information content (AvgIpc) is 2.97. The average molecular weight is 761 g/mol. The molecule has 17 nitrogen and oxygen atoms in total. The van der Waals surface area contributed by atoms with E-state index in [9.17, 15) is 70.6 Å². The van der Waals surface area contributed by atoms with E-state index in [1.807, 2.05) is 0 Å². The van der Waals surface area contributed by atoms with Gasteiger partial charge >= 0.3 is 17.9 Å². The van der Waals surface area contributed by atoms with Gasteiger partial charge in [0, 0.05) is 47.9 Å². The van der Waals surface area contributed by atoms with Gasteiger partial charge in [0.2, 0.25) is 0 Å². The number of phenols is 9. The number of phenolic OH excluding ortho intramolecular Hbond substituents is 9. The molecule has 0 saturated heterocycles. The minimum atomic E-state index is -2.16. The van der Waals surface area contributed by atoms with Crippen LogP contribution < -0.4 is 0 Å². The number of aromatic hydroxyl groups is 9. The Morgan fingerprint density at radius 1 is 0.578 bits per heavy atom. The molecule has 18 heteroatoms. The second kappa shape index (κ2) is 15.5. The number of esters is 3. The number of aliphatic hydroxyl groups excluding tert-OH is 2. The van der Waals surface area contributed by atoms with E-state index in [2.05, 4.69) is 0 Å². The molecule has 240 valence electrons. The van der Waals surface area contributed by atoms with E-state index >= 15 is 0 Å². The van der Waals surface area contributed by atoms with Crippen LogP contribution in [0.4, 0.5) is 0 Å². The summed E-state index contributed by atoms with van der Waals surface area (Å²) >= 11 is 0. The first-order valence-corrected chi connectivity index (χ1v) is 12.0. The second-order valence-corrected chi connectivity index (χ2v) is 8.82. The molecule has 0 aliphatic rings. The van der Waals surface area contributed by atoms with E-state index in [0.717, 1.165) is 18.6 Å². The summed E-state index contributed by atoms with van der Waals surface area (Å²) in [5.74, 6) is -12.0. The maximum atomic E-state index is 12.7. The van der Waals surface area contributed by atoms with Crippen LogP contribution >= 0.6 is 0 Å². The van der Waals surface area contributed by atoms with Gasteiger partial charge in [-0.05, 0) is 49.1 Å². The van der Waals surface area contributed by atoms with Crippen molar-refractivity contribution in [1.82, 2.24) is 0 Å². The largest absolute Gasteiger partial charge is 0.631 e. The van der Waals surface area contributed by atoms with Crippen LogP contribution in [0.3, 0.4) is 0 Å². The number of rotatable bonds is 11. The zero-order valence-corrected chi connectivity index (χ0v) is 25.6. The van der Waals surface area contributed by atoms with Crippen LogP contribution in [0.25, 0.3) is 0 Å². The Morgan fingerprint density at radius 2 is 0.933 bits per heavy atom. The third-order valence-electron chi connectivity index (χ3n) is 5.70. The van der Waals surface area contributed by atoms with Gasteiger partial charge in [0.15, 0.2) is 51.7 Å². The van der Waals surface area contributed by atoms with Crippen LogP contribution in [0, 0.1) is 54.8 Å². The number of benzene rings is 3. The SMILES string of the molecule is O=C(O[CH-][C@H](O)[C@@H](OC(=O)c1cc(O)c(O)c(O)c1)[C@H](O)[CH-]COC(=O)c1cc(O)c(O)c(O)c1)c1cc(O)c(O)c(O)c1.[Ce]. The van der Waals surface area contributed by atoms with Gasteiger partial charge in [0.25, 0.3) is 0 Å². The quantitative estimate of drug-likeness (QED) is 0.0544. The topological polar surface area (TPSA) is 301 Å². The zero-order chi connectivity index (χ0) is 32.9. The van der Waals surface area contributed by atoms with E-state index in [0.29, 0.717) is 30.9 Å². The molecule has 0 aliphatic carbocycles. The Kier molecular flexibility index (Phi) is 12.7. The van der Waals surface area contributed by atoms with Gasteiger partial charge in [0.1, 0.15) is 6.10 Å². The van der Waals surface area contributed by atoms with Crippen molar-refractivity contribution in [3.63, 3.8) is 0 Å². The summed E-state index contributed by atoms with van der Waals surface area (Å²) in [4.78, 5) is 37.2. The standard InChI is InChI=1S/C27H24O17.Ce/c28-13(1-2-42-25(39)10-3-14(29)21(36)15(30)4-10)24(44-27(41)12-7-18(33)23(38)19(34)8-12)20(35)9-43-26(40)11-5-16(31)22(37)17(32)6-11;/h1,3-9,13,20,24,28-38H,2H2;/q-2;/t13-,20+,24+;/m1./s1. The number of carbonyl (C=O) groups is 3. The number of ether oxygens (including phenoxy) is 3. The molecule has 0 spiro atoms. The molecule has 3 aromatic rings. The van der Waals surface area contributed by atoms with Crippen LogP contribution in [0.2, 0.25) is 0 Å². The Balaban J connectivity index is 0.00000705. The van der Waals surface area contributed by atoms with Crippen LogP contribution in [-0.2, 0) is 14.2 Å². The molecule has 0 radical (unpaired) electrons. The molecule has 3 aromatic carbocycles. The van der Waals surface area contributed by atoms with Crippen molar-refractivity contribution >= 4 is 17.9 Å². The molecule has 0 aromatic heterocycles. The van der Waals surface area contributed by atoms with Crippen molar-refractivity contribution in [2.75, 3.05) is 6.61 Å². The molecule has 0 heterocycles. The smallest absolute Gasteiger partial charge is 0.338 e. The summed E-state index contributed by atoms with van der Waals surface area (Å²) in [6.07, 6.45) is -5.44. The van der Waals surface area contributed by atoms with E-state index in [1.54, 1.807) is 0 Å². The maximum Gasteiger partial charge on any atom is 0.338 e. The maximum absolute atomic E-state index is 12.7. The summed E-state index contributed by atoms with van der Waals surface area (Å²) in [5.41, 5.74) is -1.50. The molecule has 3 atom stereocenters. The molecule has 45 heavy (non-hydrogen) atoms. The van der Waals surface area contributed by atoms with E-state index in [4.69, 9.17) is 14.2 Å². The summed E-state index contributed by atoms with van der Waals surface area (Å²) in [6.45, 7) is -0.381. The van der Waals surface area contributed by atoms with Crippen LogP contribution in [-0.4, -0.2) is 99.0 Å². The Bertz CT molecular complexity index is 1500. The summed E-state index contributed by atoms with van der Waals surface area (Å²) in [5, 5.41) is 107. The molecule has 0 aliphatic heterocycles. The van der Waals surface area contributed by atoms with Crippen LogP contribution in [0.1, 0.15) is 31.1 Å². The van der Waals surface area contributed by atoms with E-state index < -0.39 is 111 Å². The second-order valence-electron chi connectivity index (χ2n) is 8.82. The minimum absolute atomic E-state index is 0. The van der Waals surface area contributed by atoms with Gasteiger partial charge in [-0.25, -0.2) is 14.4 Å². The normalized spacial score (nSPS) is 12.7. The Labute approximate surface area is 285 Å². The molecule has 3 rings (SSSR count). The van der Waals surface area contributed by atoms with Gasteiger partial charge in [-0.1, -0.05) is 0 Å². The zero-order valence-electron chi connectivity index (χ0n) is 22.4. The number of carbonyl (C=O) groups excluding carboxylic acids is 3. The van der Waals surface area contributed by atoms with Crippen molar-refractivity contribution in [3.05, 3.63) is 66.1 Å². The fraction of sp³-hybridized carbons (Fsp3) is 0.148. The molecule has 0 unspecified atom stereocenters. The monoisotopic (exact) mass is 760 g/mol. The third kappa shape index (κ3) is 9.05. The van der Waals surface area contributed by atoms with Crippen molar-refractivity contribution in [2.45, 2.75) is 18.3 Å². The fourth-order valence-corrected chi connectivity index (χ4v) is 3.42. The molecular formula is C27H24CeO17-2. The van der Waals surface area contributed by atoms with Crippen LogP contribution in [0.15, 0.2) is 36.4 Å². The molecule has 0 amide bonds. The fourth-order valence-electron chi connectivity index (χ4n) is 3.42. The van der Waals surface area contributed by atoms with Crippen molar-refractivity contribution < 1.29 is 127 Å². The summed E-state index contributed by atoms with van der Waals surface area (Å²) < 4.78 is 14.7. The minimum Gasteiger partial charge on any atom is -0.631 e. The summed E-state index contributed by atoms with van der Waals surface area (Å²) in [6, 6.07) is 4.30. The predicted octanol–water partition coefficient (Wildman–Crippen LogP) is 0.364. The molecule has 0 bridgehead atoms.